The van der Waals surface area contributed by atoms with Crippen molar-refractivity contribution in [3.05, 3.63) is 12.0 Å². The van der Waals surface area contributed by atoms with E-state index >= 15 is 0 Å². The lowest BCUT2D eigenvalue weighted by Crippen LogP contribution is -2.26. The first-order valence-corrected chi connectivity index (χ1v) is 5.03. The summed E-state index contributed by atoms with van der Waals surface area (Å²) in [5.74, 6) is -1.13. The second-order valence-electron chi connectivity index (χ2n) is 4.56. The molecule has 0 unspecified atom stereocenters. The normalized spacial score (nSPS) is 11.2. The number of nitrogen functional groups attached to an aromatic ring is 1. The zero-order valence-electron chi connectivity index (χ0n) is 10.1. The predicted octanol–water partition coefficient (Wildman–Crippen LogP) is -0.0941. The van der Waals surface area contributed by atoms with E-state index in [0.29, 0.717) is 0 Å². The molecule has 1 amide bonds. The Balaban J connectivity index is 2.76. The zero-order valence-corrected chi connectivity index (χ0v) is 10.1. The summed E-state index contributed by atoms with van der Waals surface area (Å²) in [6, 6.07) is 0. The first-order valence-electron chi connectivity index (χ1n) is 5.03. The maximum Gasteiger partial charge on any atom is 0.326 e. The Hall–Kier alpha value is -2.05. The molecule has 0 saturated carbocycles. The van der Waals surface area contributed by atoms with Gasteiger partial charge in [0, 0.05) is 0 Å². The molecule has 17 heavy (non-hydrogen) atoms. The quantitative estimate of drug-likeness (QED) is 0.716. The Kier molecular flexibility index (Phi) is 3.40. The van der Waals surface area contributed by atoms with E-state index in [1.54, 1.807) is 20.8 Å². The predicted molar refractivity (Wildman–Crippen MR) is 61.0 cm³/mol. The molecule has 0 radical (unpaired) electrons. The van der Waals surface area contributed by atoms with E-state index in [4.69, 9.17) is 16.2 Å². The molecule has 0 aromatic carbocycles. The number of carbonyl (C=O) groups excluding carboxylic acids is 2. The van der Waals surface area contributed by atoms with E-state index < -0.39 is 17.5 Å². The molecule has 0 saturated heterocycles. The van der Waals surface area contributed by atoms with Crippen molar-refractivity contribution in [2.75, 3.05) is 5.73 Å². The molecule has 0 atom stereocenters. The fourth-order valence-electron chi connectivity index (χ4n) is 1.22. The van der Waals surface area contributed by atoms with Gasteiger partial charge in [-0.2, -0.15) is 0 Å². The molecular weight excluding hydrogens is 224 g/mol. The number of imidazole rings is 1. The van der Waals surface area contributed by atoms with Gasteiger partial charge in [0.15, 0.2) is 5.69 Å². The van der Waals surface area contributed by atoms with Crippen molar-refractivity contribution in [2.45, 2.75) is 32.9 Å². The van der Waals surface area contributed by atoms with E-state index in [1.807, 2.05) is 0 Å². The van der Waals surface area contributed by atoms with Crippen LogP contribution in [0, 0.1) is 0 Å². The van der Waals surface area contributed by atoms with Crippen LogP contribution in [0.4, 0.5) is 5.82 Å². The molecule has 0 aliphatic heterocycles. The van der Waals surface area contributed by atoms with Gasteiger partial charge in [0.2, 0.25) is 0 Å². The van der Waals surface area contributed by atoms with Crippen molar-refractivity contribution >= 4 is 17.7 Å². The SMILES string of the molecule is CC(C)(C)OC(=O)Cn1cnc(C(N)=O)c1N. The fourth-order valence-corrected chi connectivity index (χ4v) is 1.22. The second kappa shape index (κ2) is 4.44. The topological polar surface area (TPSA) is 113 Å². The number of primary amides is 1. The van der Waals surface area contributed by atoms with E-state index in [0.717, 1.165) is 0 Å². The highest BCUT2D eigenvalue weighted by Crippen LogP contribution is 2.12. The molecule has 0 aliphatic rings. The van der Waals surface area contributed by atoms with Crippen LogP contribution in [0.5, 0.6) is 0 Å². The summed E-state index contributed by atoms with van der Waals surface area (Å²) in [6.07, 6.45) is 1.28. The highest BCUT2D eigenvalue weighted by Gasteiger charge is 2.19. The van der Waals surface area contributed by atoms with E-state index in [-0.39, 0.29) is 18.1 Å². The highest BCUT2D eigenvalue weighted by molar-refractivity contribution is 5.95. The number of amides is 1. The van der Waals surface area contributed by atoms with Crippen molar-refractivity contribution in [1.29, 1.82) is 0 Å². The molecule has 4 N–H and O–H groups in total. The zero-order chi connectivity index (χ0) is 13.2. The molecule has 0 fully saturated rings. The molecule has 1 aromatic rings. The lowest BCUT2D eigenvalue weighted by molar-refractivity contribution is -0.155. The molecule has 0 spiro atoms. The average Bonchev–Trinajstić information content (AvgIpc) is 2.44. The third-order valence-electron chi connectivity index (χ3n) is 1.83. The lowest BCUT2D eigenvalue weighted by Gasteiger charge is -2.19. The van der Waals surface area contributed by atoms with Crippen LogP contribution in [0.15, 0.2) is 6.33 Å². The third-order valence-corrected chi connectivity index (χ3v) is 1.83. The van der Waals surface area contributed by atoms with Gasteiger partial charge in [-0.1, -0.05) is 0 Å². The molecule has 1 heterocycles. The van der Waals surface area contributed by atoms with E-state index in [9.17, 15) is 9.59 Å². The monoisotopic (exact) mass is 240 g/mol. The van der Waals surface area contributed by atoms with Gasteiger partial charge < -0.3 is 20.8 Å². The number of hydrogen-bond donors (Lipinski definition) is 2. The maximum atomic E-state index is 11.5. The van der Waals surface area contributed by atoms with Crippen molar-refractivity contribution in [3.63, 3.8) is 0 Å². The first-order chi connectivity index (χ1) is 7.70. The number of ether oxygens (including phenoxy) is 1. The van der Waals surface area contributed by atoms with Crippen LogP contribution >= 0.6 is 0 Å². The van der Waals surface area contributed by atoms with Crippen LogP contribution in [0.1, 0.15) is 31.3 Å². The molecule has 1 aromatic heterocycles. The first kappa shape index (κ1) is 13.0. The Morgan fingerprint density at radius 3 is 2.47 bits per heavy atom. The number of nitrogens with two attached hydrogens (primary N) is 2. The van der Waals surface area contributed by atoms with Gasteiger partial charge in [-0.15, -0.1) is 0 Å². The van der Waals surface area contributed by atoms with Gasteiger partial charge in [0.25, 0.3) is 5.91 Å². The van der Waals surface area contributed by atoms with Crippen molar-refractivity contribution in [2.24, 2.45) is 5.73 Å². The summed E-state index contributed by atoms with van der Waals surface area (Å²) >= 11 is 0. The van der Waals surface area contributed by atoms with Gasteiger partial charge in [-0.05, 0) is 20.8 Å². The van der Waals surface area contributed by atoms with Crippen LogP contribution in [0.3, 0.4) is 0 Å². The number of esters is 1. The minimum atomic E-state index is -0.731. The van der Waals surface area contributed by atoms with Crippen LogP contribution in [0.25, 0.3) is 0 Å². The number of hydrogen-bond acceptors (Lipinski definition) is 5. The Labute approximate surface area is 98.7 Å². The van der Waals surface area contributed by atoms with Crippen LogP contribution in [0.2, 0.25) is 0 Å². The molecule has 1 rings (SSSR count). The summed E-state index contributed by atoms with van der Waals surface area (Å²) in [5.41, 5.74) is 10.0. The summed E-state index contributed by atoms with van der Waals surface area (Å²) in [7, 11) is 0. The van der Waals surface area contributed by atoms with E-state index in [2.05, 4.69) is 4.98 Å². The van der Waals surface area contributed by atoms with Gasteiger partial charge in [-0.3, -0.25) is 9.59 Å². The second-order valence-corrected chi connectivity index (χ2v) is 4.56. The number of anilines is 1. The minimum Gasteiger partial charge on any atom is -0.459 e. The lowest BCUT2D eigenvalue weighted by atomic mass is 10.2. The molecule has 0 aliphatic carbocycles. The van der Waals surface area contributed by atoms with Crippen molar-refractivity contribution in [3.8, 4) is 0 Å². The Bertz CT molecular complexity index is 445. The van der Waals surface area contributed by atoms with Gasteiger partial charge in [0.05, 0.1) is 6.33 Å². The maximum absolute atomic E-state index is 11.5. The standard InChI is InChI=1S/C10H16N4O3/c1-10(2,3)17-6(15)4-14-5-13-7(8(14)11)9(12)16/h5H,4,11H2,1-3H3,(H2,12,16). The van der Waals surface area contributed by atoms with Gasteiger partial charge in [0.1, 0.15) is 18.0 Å². The Morgan fingerprint density at radius 2 is 2.06 bits per heavy atom. The molecule has 0 bridgehead atoms. The van der Waals surface area contributed by atoms with Crippen molar-refractivity contribution in [1.82, 2.24) is 9.55 Å². The average molecular weight is 240 g/mol. The van der Waals surface area contributed by atoms with E-state index in [1.165, 1.54) is 10.9 Å². The van der Waals surface area contributed by atoms with Crippen LogP contribution < -0.4 is 11.5 Å². The molecular formula is C10H16N4O3. The van der Waals surface area contributed by atoms with Gasteiger partial charge >= 0.3 is 5.97 Å². The minimum absolute atomic E-state index is 0.0476. The smallest absolute Gasteiger partial charge is 0.326 e. The number of aromatic nitrogens is 2. The summed E-state index contributed by atoms with van der Waals surface area (Å²) in [4.78, 5) is 26.1. The largest absolute Gasteiger partial charge is 0.459 e. The number of carbonyl (C=O) groups is 2. The van der Waals surface area contributed by atoms with Gasteiger partial charge in [-0.25, -0.2) is 4.98 Å². The molecule has 94 valence electrons. The number of rotatable bonds is 3. The summed E-state index contributed by atoms with van der Waals surface area (Å²) in [5, 5.41) is 0. The Morgan fingerprint density at radius 1 is 1.47 bits per heavy atom. The molecule has 7 heteroatoms. The summed E-state index contributed by atoms with van der Waals surface area (Å²) < 4.78 is 6.42. The van der Waals surface area contributed by atoms with Crippen LogP contribution in [-0.2, 0) is 16.1 Å². The highest BCUT2D eigenvalue weighted by atomic mass is 16.6. The fraction of sp³-hybridized carbons (Fsp3) is 0.500. The van der Waals surface area contributed by atoms with Crippen molar-refractivity contribution < 1.29 is 14.3 Å². The third kappa shape index (κ3) is 3.47. The summed E-state index contributed by atoms with van der Waals surface area (Å²) in [6.45, 7) is 5.17. The molecule has 7 nitrogen and oxygen atoms in total. The number of nitrogens with zero attached hydrogens (tertiary/aromatic N) is 2. The van der Waals surface area contributed by atoms with Crippen LogP contribution in [-0.4, -0.2) is 27.0 Å².